The van der Waals surface area contributed by atoms with Gasteiger partial charge in [0.05, 0.1) is 19.4 Å². The van der Waals surface area contributed by atoms with Gasteiger partial charge in [0.15, 0.2) is 0 Å². The van der Waals surface area contributed by atoms with Crippen molar-refractivity contribution in [2.75, 3.05) is 6.61 Å². The number of fused-ring (bicyclic) bond motifs is 1. The molecule has 4 nitrogen and oxygen atoms in total. The molecule has 0 aromatic heterocycles. The lowest BCUT2D eigenvalue weighted by Gasteiger charge is -2.07. The average Bonchev–Trinajstić information content (AvgIpc) is 2.72. The first-order valence-corrected chi connectivity index (χ1v) is 10.5. The lowest BCUT2D eigenvalue weighted by molar-refractivity contribution is -0.151. The van der Waals surface area contributed by atoms with E-state index in [0.29, 0.717) is 6.61 Å². The molecule has 0 aliphatic rings. The number of carbonyl (C=O) groups excluding carboxylic acids is 2. The van der Waals surface area contributed by atoms with E-state index in [2.05, 4.69) is 6.92 Å². The fourth-order valence-electron chi connectivity index (χ4n) is 3.09. The largest absolute Gasteiger partial charge is 0.466 e. The summed E-state index contributed by atoms with van der Waals surface area (Å²) >= 11 is 0. The molecule has 0 radical (unpaired) electrons. The minimum atomic E-state index is -0.374. The maximum Gasteiger partial charge on any atom is 0.306 e. The van der Waals surface area contributed by atoms with Crippen molar-refractivity contribution in [2.24, 2.45) is 0 Å². The number of ether oxygens (including phenoxy) is 2. The second kappa shape index (κ2) is 12.9. The molecule has 0 aliphatic heterocycles. The molecular weight excluding hydrogens is 352 g/mol. The highest BCUT2D eigenvalue weighted by Gasteiger charge is 2.09. The van der Waals surface area contributed by atoms with E-state index < -0.39 is 0 Å². The van der Waals surface area contributed by atoms with Gasteiger partial charge in [0.1, 0.15) is 6.61 Å². The Morgan fingerprint density at radius 1 is 0.750 bits per heavy atom. The maximum absolute atomic E-state index is 11.9. The summed E-state index contributed by atoms with van der Waals surface area (Å²) in [5.41, 5.74) is 0.938. The molecule has 0 unspecified atom stereocenters. The second-order valence-electron chi connectivity index (χ2n) is 7.18. The van der Waals surface area contributed by atoms with E-state index >= 15 is 0 Å². The van der Waals surface area contributed by atoms with Gasteiger partial charge in [-0.1, -0.05) is 81.8 Å². The molecule has 0 fully saturated rings. The van der Waals surface area contributed by atoms with Gasteiger partial charge in [-0.05, 0) is 28.8 Å². The SMILES string of the molecule is CCCCCCCCCOC(=O)CCC(=O)OCc1ccc2ccccc2c1. The van der Waals surface area contributed by atoms with Crippen LogP contribution in [0.15, 0.2) is 42.5 Å². The third kappa shape index (κ3) is 8.55. The van der Waals surface area contributed by atoms with E-state index in [-0.39, 0.29) is 31.4 Å². The van der Waals surface area contributed by atoms with Gasteiger partial charge in [-0.3, -0.25) is 9.59 Å². The Kier molecular flexibility index (Phi) is 10.1. The zero-order valence-corrected chi connectivity index (χ0v) is 17.0. The van der Waals surface area contributed by atoms with E-state index in [4.69, 9.17) is 9.47 Å². The van der Waals surface area contributed by atoms with E-state index in [1.54, 1.807) is 0 Å². The van der Waals surface area contributed by atoms with Gasteiger partial charge in [-0.2, -0.15) is 0 Å². The number of benzene rings is 2. The quantitative estimate of drug-likeness (QED) is 0.316. The highest BCUT2D eigenvalue weighted by molar-refractivity contribution is 5.83. The van der Waals surface area contributed by atoms with Crippen molar-refractivity contribution in [1.82, 2.24) is 0 Å². The molecule has 0 spiro atoms. The molecule has 0 amide bonds. The van der Waals surface area contributed by atoms with Gasteiger partial charge in [0, 0.05) is 0 Å². The van der Waals surface area contributed by atoms with Crippen LogP contribution in [0.3, 0.4) is 0 Å². The van der Waals surface area contributed by atoms with Crippen LogP contribution in [0.5, 0.6) is 0 Å². The van der Waals surface area contributed by atoms with Crippen molar-refractivity contribution in [3.63, 3.8) is 0 Å². The summed E-state index contributed by atoms with van der Waals surface area (Å²) in [5.74, 6) is -0.699. The predicted octanol–water partition coefficient (Wildman–Crippen LogP) is 5.96. The highest BCUT2D eigenvalue weighted by Crippen LogP contribution is 2.16. The Labute approximate surface area is 168 Å². The standard InChI is InChI=1S/C24H32O4/c1-2-3-4-5-6-7-10-17-27-23(25)15-16-24(26)28-19-20-13-14-21-11-8-9-12-22(21)18-20/h8-9,11-14,18H,2-7,10,15-17,19H2,1H3. The molecule has 2 aromatic rings. The number of esters is 2. The first-order chi connectivity index (χ1) is 13.7. The van der Waals surface area contributed by atoms with Gasteiger partial charge in [-0.15, -0.1) is 0 Å². The summed E-state index contributed by atoms with van der Waals surface area (Å²) in [6, 6.07) is 14.0. The third-order valence-electron chi connectivity index (χ3n) is 4.76. The van der Waals surface area contributed by atoms with Gasteiger partial charge in [0.25, 0.3) is 0 Å². The van der Waals surface area contributed by atoms with Crippen LogP contribution in [0.1, 0.15) is 70.3 Å². The number of hydrogen-bond acceptors (Lipinski definition) is 4. The van der Waals surface area contributed by atoms with Crippen molar-refractivity contribution in [3.05, 3.63) is 48.0 Å². The number of unbranched alkanes of at least 4 members (excludes halogenated alkanes) is 6. The van der Waals surface area contributed by atoms with Gasteiger partial charge >= 0.3 is 11.9 Å². The fourth-order valence-corrected chi connectivity index (χ4v) is 3.09. The third-order valence-corrected chi connectivity index (χ3v) is 4.76. The van der Waals surface area contributed by atoms with Crippen molar-refractivity contribution in [1.29, 1.82) is 0 Å². The Morgan fingerprint density at radius 2 is 1.39 bits per heavy atom. The Bertz CT molecular complexity index is 738. The number of rotatable bonds is 13. The van der Waals surface area contributed by atoms with Gasteiger partial charge in [-0.25, -0.2) is 0 Å². The summed E-state index contributed by atoms with van der Waals surface area (Å²) in [6.07, 6.45) is 8.40. The minimum Gasteiger partial charge on any atom is -0.466 e. The van der Waals surface area contributed by atoms with Crippen LogP contribution in [-0.2, 0) is 25.7 Å². The van der Waals surface area contributed by atoms with Gasteiger partial charge < -0.3 is 9.47 Å². The first kappa shape index (κ1) is 21.9. The minimum absolute atomic E-state index is 0.0590. The maximum atomic E-state index is 11.9. The summed E-state index contributed by atoms with van der Waals surface area (Å²) in [5, 5.41) is 2.27. The van der Waals surface area contributed by atoms with E-state index in [0.717, 1.165) is 29.2 Å². The molecule has 2 rings (SSSR count). The topological polar surface area (TPSA) is 52.6 Å². The Morgan fingerprint density at radius 3 is 2.14 bits per heavy atom. The van der Waals surface area contributed by atoms with Crippen LogP contribution < -0.4 is 0 Å². The summed E-state index contributed by atoms with van der Waals surface area (Å²) in [4.78, 5) is 23.6. The molecule has 0 saturated heterocycles. The van der Waals surface area contributed by atoms with Gasteiger partial charge in [0.2, 0.25) is 0 Å². The Hall–Kier alpha value is -2.36. The number of hydrogen-bond donors (Lipinski definition) is 0. The van der Waals surface area contributed by atoms with E-state index in [1.165, 1.54) is 32.1 Å². The van der Waals surface area contributed by atoms with Crippen molar-refractivity contribution in [2.45, 2.75) is 71.3 Å². The van der Waals surface area contributed by atoms with Crippen molar-refractivity contribution >= 4 is 22.7 Å². The fraction of sp³-hybridized carbons (Fsp3) is 0.500. The summed E-state index contributed by atoms with van der Waals surface area (Å²) < 4.78 is 10.5. The smallest absolute Gasteiger partial charge is 0.306 e. The van der Waals surface area contributed by atoms with Crippen LogP contribution in [0, 0.1) is 0 Å². The lowest BCUT2D eigenvalue weighted by Crippen LogP contribution is -2.11. The molecule has 28 heavy (non-hydrogen) atoms. The molecular formula is C24H32O4. The second-order valence-corrected chi connectivity index (χ2v) is 7.18. The predicted molar refractivity (Wildman–Crippen MR) is 112 cm³/mol. The molecule has 152 valence electrons. The first-order valence-electron chi connectivity index (χ1n) is 10.5. The average molecular weight is 385 g/mol. The van der Waals surface area contributed by atoms with Crippen LogP contribution >= 0.6 is 0 Å². The van der Waals surface area contributed by atoms with Crippen LogP contribution in [-0.4, -0.2) is 18.5 Å². The zero-order valence-electron chi connectivity index (χ0n) is 17.0. The number of carbonyl (C=O) groups is 2. The Balaban J connectivity index is 1.54. The normalized spacial score (nSPS) is 10.8. The molecule has 0 N–H and O–H groups in total. The van der Waals surface area contributed by atoms with E-state index in [1.807, 2.05) is 42.5 Å². The molecule has 2 aromatic carbocycles. The zero-order chi connectivity index (χ0) is 20.0. The van der Waals surface area contributed by atoms with E-state index in [9.17, 15) is 9.59 Å². The molecule has 0 atom stereocenters. The molecule has 0 saturated carbocycles. The summed E-state index contributed by atoms with van der Waals surface area (Å²) in [7, 11) is 0. The molecule has 4 heteroatoms. The van der Waals surface area contributed by atoms with Crippen molar-refractivity contribution in [3.8, 4) is 0 Å². The van der Waals surface area contributed by atoms with Crippen LogP contribution in [0.2, 0.25) is 0 Å². The lowest BCUT2D eigenvalue weighted by atomic mass is 10.1. The van der Waals surface area contributed by atoms with Crippen LogP contribution in [0.25, 0.3) is 10.8 Å². The van der Waals surface area contributed by atoms with Crippen molar-refractivity contribution < 1.29 is 19.1 Å². The summed E-state index contributed by atoms with van der Waals surface area (Å²) in [6.45, 7) is 2.87. The molecule has 0 heterocycles. The highest BCUT2D eigenvalue weighted by atomic mass is 16.5. The van der Waals surface area contributed by atoms with Crippen LogP contribution in [0.4, 0.5) is 0 Å². The molecule has 0 bridgehead atoms. The molecule has 0 aliphatic carbocycles. The monoisotopic (exact) mass is 384 g/mol.